The minimum Gasteiger partial charge on any atom is -0.459 e. The van der Waals surface area contributed by atoms with Crippen LogP contribution in [0.3, 0.4) is 0 Å². The summed E-state index contributed by atoms with van der Waals surface area (Å²) in [4.78, 5) is 12.0. The summed E-state index contributed by atoms with van der Waals surface area (Å²) in [6.07, 6.45) is 5.19. The smallest absolute Gasteiger partial charge is 0.310 e. The monoisotopic (exact) mass is 324 g/mol. The van der Waals surface area contributed by atoms with Gasteiger partial charge in [0.1, 0.15) is 0 Å². The van der Waals surface area contributed by atoms with E-state index in [1.165, 1.54) is 23.8 Å². The number of aryl methyl sites for hydroxylation is 2. The number of hydrogen-bond acceptors (Lipinski definition) is 6. The zero-order valence-electron chi connectivity index (χ0n) is 13.0. The number of ether oxygens (including phenoxy) is 1. The van der Waals surface area contributed by atoms with E-state index in [4.69, 9.17) is 13.6 Å². The molecule has 1 aliphatic rings. The molecule has 0 atom stereocenters. The van der Waals surface area contributed by atoms with E-state index in [1.807, 2.05) is 6.07 Å². The maximum Gasteiger partial charge on any atom is 0.310 e. The van der Waals surface area contributed by atoms with Gasteiger partial charge in [0.15, 0.2) is 12.4 Å². The molecule has 0 N–H and O–H groups in total. The summed E-state index contributed by atoms with van der Waals surface area (Å²) in [7, 11) is 0. The molecule has 1 aromatic carbocycles. The summed E-state index contributed by atoms with van der Waals surface area (Å²) in [6.45, 7) is -0.0442. The molecule has 0 bridgehead atoms. The Kier molecular flexibility index (Phi) is 3.86. The van der Waals surface area contributed by atoms with Gasteiger partial charge in [-0.25, -0.2) is 0 Å². The second-order valence-electron chi connectivity index (χ2n) is 5.77. The van der Waals surface area contributed by atoms with Crippen molar-refractivity contribution in [1.29, 1.82) is 0 Å². The van der Waals surface area contributed by atoms with E-state index < -0.39 is 0 Å². The average molecular weight is 324 g/mol. The second-order valence-corrected chi connectivity index (χ2v) is 5.77. The second kappa shape index (κ2) is 6.31. The van der Waals surface area contributed by atoms with Crippen LogP contribution in [0.25, 0.3) is 11.7 Å². The molecule has 0 saturated carbocycles. The van der Waals surface area contributed by atoms with E-state index in [2.05, 4.69) is 22.3 Å². The lowest BCUT2D eigenvalue weighted by atomic mass is 10.0. The van der Waals surface area contributed by atoms with Crippen molar-refractivity contribution < 1.29 is 18.4 Å². The molecular weight excluding hydrogens is 308 g/mol. The summed E-state index contributed by atoms with van der Waals surface area (Å²) in [5.74, 6) is 0.678. The van der Waals surface area contributed by atoms with Crippen LogP contribution in [0.2, 0.25) is 0 Å². The summed E-state index contributed by atoms with van der Waals surface area (Å²) < 4.78 is 15.8. The van der Waals surface area contributed by atoms with Gasteiger partial charge in [0, 0.05) is 0 Å². The SMILES string of the molecule is O=C(Cc1ccc2c(c1)CCC2)OCc1nnc(-c2ccco2)o1. The van der Waals surface area contributed by atoms with Crippen molar-refractivity contribution in [2.24, 2.45) is 0 Å². The predicted molar refractivity (Wildman–Crippen MR) is 84.0 cm³/mol. The molecule has 0 fully saturated rings. The Labute approximate surface area is 138 Å². The molecule has 1 aliphatic carbocycles. The lowest BCUT2D eigenvalue weighted by molar-refractivity contribution is -0.144. The molecule has 3 aromatic rings. The number of rotatable bonds is 5. The first kappa shape index (κ1) is 14.7. The fourth-order valence-corrected chi connectivity index (χ4v) is 2.91. The zero-order chi connectivity index (χ0) is 16.4. The number of fused-ring (bicyclic) bond motifs is 1. The fraction of sp³-hybridized carbons (Fsp3) is 0.278. The molecule has 2 aromatic heterocycles. The van der Waals surface area contributed by atoms with Gasteiger partial charge in [0.05, 0.1) is 12.7 Å². The van der Waals surface area contributed by atoms with Crippen molar-refractivity contribution in [2.45, 2.75) is 32.3 Å². The number of esters is 1. The summed E-state index contributed by atoms with van der Waals surface area (Å²) >= 11 is 0. The van der Waals surface area contributed by atoms with Crippen molar-refractivity contribution in [3.63, 3.8) is 0 Å². The Morgan fingerprint density at radius 2 is 2.08 bits per heavy atom. The molecule has 0 spiro atoms. The number of nitrogens with zero attached hydrogens (tertiary/aromatic N) is 2. The van der Waals surface area contributed by atoms with Crippen LogP contribution in [0.15, 0.2) is 45.4 Å². The Morgan fingerprint density at radius 3 is 2.96 bits per heavy atom. The standard InChI is InChI=1S/C18H16N2O4/c21-17(10-12-6-7-13-3-1-4-14(13)9-12)23-11-16-19-20-18(24-16)15-5-2-8-22-15/h2,5-9H,1,3-4,10-11H2. The Morgan fingerprint density at radius 1 is 1.17 bits per heavy atom. The molecule has 122 valence electrons. The fourth-order valence-electron chi connectivity index (χ4n) is 2.91. The van der Waals surface area contributed by atoms with Gasteiger partial charge in [0.25, 0.3) is 11.8 Å². The highest BCUT2D eigenvalue weighted by Gasteiger charge is 2.15. The van der Waals surface area contributed by atoms with Crippen molar-refractivity contribution in [3.8, 4) is 11.7 Å². The van der Waals surface area contributed by atoms with E-state index >= 15 is 0 Å². The molecule has 2 heterocycles. The third kappa shape index (κ3) is 3.08. The number of carbonyl (C=O) groups is 1. The Hall–Kier alpha value is -2.89. The first-order chi connectivity index (χ1) is 11.8. The van der Waals surface area contributed by atoms with Crippen LogP contribution in [-0.4, -0.2) is 16.2 Å². The quantitative estimate of drug-likeness (QED) is 0.671. The molecule has 0 radical (unpaired) electrons. The van der Waals surface area contributed by atoms with Crippen LogP contribution < -0.4 is 0 Å². The Balaban J connectivity index is 1.33. The summed E-state index contributed by atoms with van der Waals surface area (Å²) in [5.41, 5.74) is 3.71. The van der Waals surface area contributed by atoms with Crippen molar-refractivity contribution in [1.82, 2.24) is 10.2 Å². The highest BCUT2D eigenvalue weighted by molar-refractivity contribution is 5.72. The number of benzene rings is 1. The minimum absolute atomic E-state index is 0.0442. The van der Waals surface area contributed by atoms with Gasteiger partial charge < -0.3 is 13.6 Å². The Bertz CT molecular complexity index is 852. The highest BCUT2D eigenvalue weighted by atomic mass is 16.5. The van der Waals surface area contributed by atoms with Crippen LogP contribution in [-0.2, 0) is 35.4 Å². The number of hydrogen-bond donors (Lipinski definition) is 0. The number of furan rings is 1. The number of carbonyl (C=O) groups excluding carboxylic acids is 1. The van der Waals surface area contributed by atoms with E-state index in [1.54, 1.807) is 12.1 Å². The van der Waals surface area contributed by atoms with Gasteiger partial charge in [-0.1, -0.05) is 18.2 Å². The number of aromatic nitrogens is 2. The summed E-state index contributed by atoms with van der Waals surface area (Å²) in [5, 5.41) is 7.70. The minimum atomic E-state index is -0.314. The van der Waals surface area contributed by atoms with Gasteiger partial charge in [-0.3, -0.25) is 4.79 Å². The molecule has 0 unspecified atom stereocenters. The predicted octanol–water partition coefficient (Wildman–Crippen LogP) is 3.10. The average Bonchev–Trinajstić information content (AvgIpc) is 3.32. The molecular formula is C18H16N2O4. The third-order valence-electron chi connectivity index (χ3n) is 4.07. The van der Waals surface area contributed by atoms with E-state index in [0.29, 0.717) is 5.76 Å². The van der Waals surface area contributed by atoms with Crippen LogP contribution in [0.1, 0.15) is 29.0 Å². The van der Waals surface area contributed by atoms with Gasteiger partial charge in [-0.15, -0.1) is 10.2 Å². The van der Waals surface area contributed by atoms with Crippen LogP contribution in [0, 0.1) is 0 Å². The van der Waals surface area contributed by atoms with Crippen LogP contribution in [0.4, 0.5) is 0 Å². The van der Waals surface area contributed by atoms with Gasteiger partial charge in [0.2, 0.25) is 0 Å². The van der Waals surface area contributed by atoms with Crippen LogP contribution in [0.5, 0.6) is 0 Å². The normalized spacial score (nSPS) is 13.0. The molecule has 6 nitrogen and oxygen atoms in total. The largest absolute Gasteiger partial charge is 0.459 e. The van der Waals surface area contributed by atoms with Gasteiger partial charge in [-0.05, 0) is 48.1 Å². The maximum atomic E-state index is 12.0. The van der Waals surface area contributed by atoms with Crippen molar-refractivity contribution >= 4 is 5.97 Å². The highest BCUT2D eigenvalue weighted by Crippen LogP contribution is 2.23. The first-order valence-electron chi connectivity index (χ1n) is 7.90. The van der Waals surface area contributed by atoms with Gasteiger partial charge >= 0.3 is 5.97 Å². The molecule has 6 heteroatoms. The lowest BCUT2D eigenvalue weighted by Gasteiger charge is -2.05. The molecule has 0 saturated heterocycles. The van der Waals surface area contributed by atoms with Crippen LogP contribution >= 0.6 is 0 Å². The third-order valence-corrected chi connectivity index (χ3v) is 4.07. The van der Waals surface area contributed by atoms with Crippen molar-refractivity contribution in [3.05, 3.63) is 59.2 Å². The topological polar surface area (TPSA) is 78.4 Å². The lowest BCUT2D eigenvalue weighted by Crippen LogP contribution is -2.08. The van der Waals surface area contributed by atoms with E-state index in [9.17, 15) is 4.79 Å². The van der Waals surface area contributed by atoms with E-state index in [-0.39, 0.29) is 30.8 Å². The molecule has 4 rings (SSSR count). The summed E-state index contributed by atoms with van der Waals surface area (Å²) in [6, 6.07) is 9.66. The van der Waals surface area contributed by atoms with E-state index in [0.717, 1.165) is 18.4 Å². The maximum absolute atomic E-state index is 12.0. The molecule has 0 aliphatic heterocycles. The van der Waals surface area contributed by atoms with Gasteiger partial charge in [-0.2, -0.15) is 0 Å². The molecule has 0 amide bonds. The molecule has 24 heavy (non-hydrogen) atoms. The van der Waals surface area contributed by atoms with Crippen molar-refractivity contribution in [2.75, 3.05) is 0 Å². The zero-order valence-corrected chi connectivity index (χ0v) is 13.0. The first-order valence-corrected chi connectivity index (χ1v) is 7.90.